The lowest BCUT2D eigenvalue weighted by molar-refractivity contribution is -0.120. The van der Waals surface area contributed by atoms with Gasteiger partial charge in [-0.3, -0.25) is 9.52 Å². The number of thiocarbonyl (C=S) groups is 1. The predicted molar refractivity (Wildman–Crippen MR) is 125 cm³/mol. The van der Waals surface area contributed by atoms with Crippen LogP contribution in [0.3, 0.4) is 0 Å². The molecule has 30 heavy (non-hydrogen) atoms. The van der Waals surface area contributed by atoms with Crippen LogP contribution in [0.4, 0.5) is 11.4 Å². The third kappa shape index (κ3) is 5.84. The molecule has 0 aliphatic heterocycles. The Morgan fingerprint density at radius 2 is 2.00 bits per heavy atom. The second-order valence-electron chi connectivity index (χ2n) is 6.54. The number of carbonyl (C=O) groups is 1. The molecule has 0 saturated heterocycles. The molecule has 7 nitrogen and oxygen atoms in total. The average Bonchev–Trinajstić information content (AvgIpc) is 3.50. The van der Waals surface area contributed by atoms with Crippen LogP contribution in [0.2, 0.25) is 5.02 Å². The number of hydrogen-bond acceptors (Lipinski definition) is 5. The standard InChI is InChI=1S/C19H19BrClN3O4S2/c1-2-28-17-8-5-12(9-14(17)20)24-30(26,27)13-6-7-15(21)16(10-13)22-19(29)23-18(25)11-3-4-11/h5-11,24H,2-4H2,1H3,(H2,22,23,25,29). The van der Waals surface area contributed by atoms with Crippen LogP contribution in [-0.2, 0) is 14.8 Å². The Kier molecular flexibility index (Phi) is 7.22. The molecule has 1 saturated carbocycles. The fourth-order valence-electron chi connectivity index (χ4n) is 2.53. The van der Waals surface area contributed by atoms with E-state index >= 15 is 0 Å². The molecule has 0 bridgehead atoms. The van der Waals surface area contributed by atoms with Gasteiger partial charge in [0, 0.05) is 5.92 Å². The summed E-state index contributed by atoms with van der Waals surface area (Å²) >= 11 is 14.6. The first-order valence-corrected chi connectivity index (χ1v) is 12.1. The maximum Gasteiger partial charge on any atom is 0.261 e. The number of halogens is 2. The van der Waals surface area contributed by atoms with Gasteiger partial charge in [-0.05, 0) is 84.3 Å². The van der Waals surface area contributed by atoms with E-state index in [4.69, 9.17) is 28.6 Å². The van der Waals surface area contributed by atoms with E-state index < -0.39 is 10.0 Å². The summed E-state index contributed by atoms with van der Waals surface area (Å²) in [4.78, 5) is 11.8. The molecule has 0 atom stereocenters. The van der Waals surface area contributed by atoms with Gasteiger partial charge in [-0.15, -0.1) is 0 Å². The fourth-order valence-corrected chi connectivity index (χ4v) is 4.48. The number of ether oxygens (including phenoxy) is 1. The molecule has 2 aromatic carbocycles. The number of benzene rings is 2. The molecule has 2 aromatic rings. The van der Waals surface area contributed by atoms with E-state index in [0.29, 0.717) is 22.5 Å². The van der Waals surface area contributed by atoms with E-state index in [2.05, 4.69) is 31.3 Å². The Morgan fingerprint density at radius 3 is 2.63 bits per heavy atom. The van der Waals surface area contributed by atoms with Crippen LogP contribution in [-0.4, -0.2) is 26.0 Å². The fraction of sp³-hybridized carbons (Fsp3) is 0.263. The summed E-state index contributed by atoms with van der Waals surface area (Å²) in [7, 11) is -3.90. The number of nitrogens with one attached hydrogen (secondary N) is 3. The Morgan fingerprint density at radius 1 is 1.27 bits per heavy atom. The molecule has 3 N–H and O–H groups in total. The molecule has 11 heteroatoms. The van der Waals surface area contributed by atoms with Crippen molar-refractivity contribution in [3.8, 4) is 5.75 Å². The first-order valence-electron chi connectivity index (χ1n) is 9.06. The lowest BCUT2D eigenvalue weighted by atomic mass is 10.3. The third-order valence-corrected chi connectivity index (χ3v) is 6.70. The molecule has 0 unspecified atom stereocenters. The van der Waals surface area contributed by atoms with Crippen molar-refractivity contribution in [2.45, 2.75) is 24.7 Å². The summed E-state index contributed by atoms with van der Waals surface area (Å²) in [5.41, 5.74) is 0.635. The first kappa shape index (κ1) is 22.8. The van der Waals surface area contributed by atoms with Gasteiger partial charge in [0.15, 0.2) is 5.11 Å². The molecule has 0 aromatic heterocycles. The molecule has 1 aliphatic rings. The summed E-state index contributed by atoms with van der Waals surface area (Å²) < 4.78 is 34.2. The van der Waals surface area contributed by atoms with Gasteiger partial charge in [-0.2, -0.15) is 0 Å². The number of sulfonamides is 1. The van der Waals surface area contributed by atoms with Crippen LogP contribution < -0.4 is 20.1 Å². The van der Waals surface area contributed by atoms with Gasteiger partial charge in [0.2, 0.25) is 5.91 Å². The van der Waals surface area contributed by atoms with E-state index in [1.54, 1.807) is 18.2 Å². The lowest BCUT2D eigenvalue weighted by Crippen LogP contribution is -2.35. The summed E-state index contributed by atoms with van der Waals surface area (Å²) in [5.74, 6) is 0.444. The summed E-state index contributed by atoms with van der Waals surface area (Å²) in [6, 6.07) is 9.05. The van der Waals surface area contributed by atoms with Crippen molar-refractivity contribution in [3.63, 3.8) is 0 Å². The van der Waals surface area contributed by atoms with Gasteiger partial charge >= 0.3 is 0 Å². The smallest absolute Gasteiger partial charge is 0.261 e. The van der Waals surface area contributed by atoms with Crippen molar-refractivity contribution >= 4 is 72.2 Å². The molecular formula is C19H19BrClN3O4S2. The number of anilines is 2. The summed E-state index contributed by atoms with van der Waals surface area (Å²) in [6.45, 7) is 2.35. The van der Waals surface area contributed by atoms with E-state index in [0.717, 1.165) is 12.8 Å². The van der Waals surface area contributed by atoms with Crippen LogP contribution >= 0.6 is 39.7 Å². The van der Waals surface area contributed by atoms with E-state index in [1.807, 2.05) is 6.92 Å². The highest BCUT2D eigenvalue weighted by Gasteiger charge is 2.30. The zero-order valence-corrected chi connectivity index (χ0v) is 19.8. The van der Waals surface area contributed by atoms with Gasteiger partial charge < -0.3 is 15.4 Å². The minimum absolute atomic E-state index is 0.00965. The number of rotatable bonds is 7. The normalized spacial score (nSPS) is 13.4. The summed E-state index contributed by atoms with van der Waals surface area (Å²) in [5, 5.41) is 5.69. The monoisotopic (exact) mass is 531 g/mol. The van der Waals surface area contributed by atoms with Crippen LogP contribution in [0.25, 0.3) is 0 Å². The predicted octanol–water partition coefficient (Wildman–Crippen LogP) is 4.53. The van der Waals surface area contributed by atoms with Gasteiger partial charge in [-0.1, -0.05) is 11.6 Å². The van der Waals surface area contributed by atoms with E-state index in [1.165, 1.54) is 18.2 Å². The molecule has 1 amide bonds. The molecule has 0 radical (unpaired) electrons. The van der Waals surface area contributed by atoms with Crippen molar-refractivity contribution < 1.29 is 17.9 Å². The van der Waals surface area contributed by atoms with Crippen molar-refractivity contribution in [2.75, 3.05) is 16.6 Å². The zero-order chi connectivity index (χ0) is 21.9. The molecule has 3 rings (SSSR count). The van der Waals surface area contributed by atoms with Crippen molar-refractivity contribution in [3.05, 3.63) is 45.9 Å². The molecular weight excluding hydrogens is 514 g/mol. The Balaban J connectivity index is 1.75. The minimum Gasteiger partial charge on any atom is -0.493 e. The Hall–Kier alpha value is -1.88. The summed E-state index contributed by atoms with van der Waals surface area (Å²) in [6.07, 6.45) is 1.69. The van der Waals surface area contributed by atoms with Gasteiger partial charge in [0.05, 0.1) is 32.4 Å². The molecule has 0 spiro atoms. The third-order valence-electron chi connectivity index (χ3n) is 4.17. The highest BCUT2D eigenvalue weighted by Crippen LogP contribution is 2.31. The maximum atomic E-state index is 12.8. The number of hydrogen-bond donors (Lipinski definition) is 3. The average molecular weight is 533 g/mol. The van der Waals surface area contributed by atoms with Gasteiger partial charge in [0.25, 0.3) is 10.0 Å². The minimum atomic E-state index is -3.90. The highest BCUT2D eigenvalue weighted by molar-refractivity contribution is 9.10. The SMILES string of the molecule is CCOc1ccc(NS(=O)(=O)c2ccc(Cl)c(NC(=S)NC(=O)C3CC3)c2)cc1Br. The topological polar surface area (TPSA) is 96.5 Å². The largest absolute Gasteiger partial charge is 0.493 e. The van der Waals surface area contributed by atoms with Crippen LogP contribution in [0.15, 0.2) is 45.8 Å². The van der Waals surface area contributed by atoms with E-state index in [9.17, 15) is 13.2 Å². The lowest BCUT2D eigenvalue weighted by Gasteiger charge is -2.14. The van der Waals surface area contributed by atoms with Crippen molar-refractivity contribution in [2.24, 2.45) is 5.92 Å². The highest BCUT2D eigenvalue weighted by atomic mass is 79.9. The molecule has 1 fully saturated rings. The zero-order valence-electron chi connectivity index (χ0n) is 15.9. The quantitative estimate of drug-likeness (QED) is 0.454. The van der Waals surface area contributed by atoms with Gasteiger partial charge in [-0.25, -0.2) is 8.42 Å². The number of carbonyl (C=O) groups excluding carboxylic acids is 1. The van der Waals surface area contributed by atoms with Crippen molar-refractivity contribution in [1.82, 2.24) is 5.32 Å². The van der Waals surface area contributed by atoms with Crippen LogP contribution in [0, 0.1) is 5.92 Å². The maximum absolute atomic E-state index is 12.8. The first-order chi connectivity index (χ1) is 14.2. The van der Waals surface area contributed by atoms with Crippen LogP contribution in [0.1, 0.15) is 19.8 Å². The molecule has 1 aliphatic carbocycles. The van der Waals surface area contributed by atoms with E-state index in [-0.39, 0.29) is 32.5 Å². The second kappa shape index (κ2) is 9.51. The second-order valence-corrected chi connectivity index (χ2v) is 9.90. The molecule has 0 heterocycles. The number of amides is 1. The Labute approximate surface area is 193 Å². The van der Waals surface area contributed by atoms with Crippen LogP contribution in [0.5, 0.6) is 5.75 Å². The van der Waals surface area contributed by atoms with Crippen molar-refractivity contribution in [1.29, 1.82) is 0 Å². The molecule has 160 valence electrons. The Bertz CT molecular complexity index is 1090. The van der Waals surface area contributed by atoms with Gasteiger partial charge in [0.1, 0.15) is 5.75 Å².